The second-order valence-electron chi connectivity index (χ2n) is 8.93. The van der Waals surface area contributed by atoms with Crippen molar-refractivity contribution in [3.8, 4) is 17.0 Å². The molecule has 0 saturated carbocycles. The first-order valence-electron chi connectivity index (χ1n) is 11.9. The highest BCUT2D eigenvalue weighted by atomic mass is 32.1. The predicted octanol–water partition coefficient (Wildman–Crippen LogP) is 5.65. The Hall–Kier alpha value is -3.16. The van der Waals surface area contributed by atoms with E-state index >= 15 is 0 Å². The fourth-order valence-electron chi connectivity index (χ4n) is 4.47. The Morgan fingerprint density at radius 1 is 1.21 bits per heavy atom. The van der Waals surface area contributed by atoms with Crippen LogP contribution in [0.15, 0.2) is 60.0 Å². The van der Waals surface area contributed by atoms with Crippen LogP contribution >= 0.6 is 11.3 Å². The molecule has 0 radical (unpaired) electrons. The zero-order chi connectivity index (χ0) is 23.5. The maximum atomic E-state index is 13.0. The van der Waals surface area contributed by atoms with Crippen LogP contribution in [0.2, 0.25) is 0 Å². The topological polar surface area (TPSA) is 70.2 Å². The maximum absolute atomic E-state index is 13.0. The number of hydrogen-bond donors (Lipinski definition) is 2. The van der Waals surface area contributed by atoms with Gasteiger partial charge in [-0.25, -0.2) is 0 Å². The van der Waals surface area contributed by atoms with Gasteiger partial charge < -0.3 is 15.0 Å². The molecule has 1 amide bonds. The molecule has 2 N–H and O–H groups in total. The molecule has 1 aliphatic rings. The van der Waals surface area contributed by atoms with Gasteiger partial charge in [-0.05, 0) is 80.2 Å². The molecule has 6 nitrogen and oxygen atoms in total. The van der Waals surface area contributed by atoms with Gasteiger partial charge in [0.15, 0.2) is 0 Å². The van der Waals surface area contributed by atoms with Crippen LogP contribution in [-0.4, -0.2) is 47.2 Å². The summed E-state index contributed by atoms with van der Waals surface area (Å²) in [6.07, 6.45) is 3.23. The normalized spacial score (nSPS) is 15.9. The van der Waals surface area contributed by atoms with Crippen molar-refractivity contribution in [3.05, 3.63) is 70.4 Å². The molecule has 4 aromatic rings. The van der Waals surface area contributed by atoms with Crippen molar-refractivity contribution in [3.63, 3.8) is 0 Å². The number of hydrogen-bond acceptors (Lipinski definition) is 5. The summed E-state index contributed by atoms with van der Waals surface area (Å²) in [6, 6.07) is 17.9. The van der Waals surface area contributed by atoms with Gasteiger partial charge in [0.2, 0.25) is 0 Å². The van der Waals surface area contributed by atoms with Crippen LogP contribution in [0.3, 0.4) is 0 Å². The SMILES string of the molecule is CC[C@@H](NC(=O)c1ccc2[nH]nc(-c3ccc(OC4CCN(C)CC4)cc3)c2c1)c1cccs1. The van der Waals surface area contributed by atoms with Crippen molar-refractivity contribution in [2.75, 3.05) is 20.1 Å². The molecule has 3 heterocycles. The molecule has 5 rings (SSSR count). The lowest BCUT2D eigenvalue weighted by Crippen LogP contribution is -2.35. The fraction of sp³-hybridized carbons (Fsp3) is 0.333. The third-order valence-corrected chi connectivity index (χ3v) is 7.51. The Bertz CT molecular complexity index is 1240. The number of thiophene rings is 1. The van der Waals surface area contributed by atoms with Crippen LogP contribution in [0.5, 0.6) is 5.75 Å². The van der Waals surface area contributed by atoms with E-state index in [1.54, 1.807) is 11.3 Å². The zero-order valence-electron chi connectivity index (χ0n) is 19.6. The van der Waals surface area contributed by atoms with Gasteiger partial charge in [0.25, 0.3) is 5.91 Å². The van der Waals surface area contributed by atoms with E-state index in [-0.39, 0.29) is 18.1 Å². The summed E-state index contributed by atoms with van der Waals surface area (Å²) < 4.78 is 6.19. The quantitative estimate of drug-likeness (QED) is 0.363. The van der Waals surface area contributed by atoms with E-state index < -0.39 is 0 Å². The number of H-pyrrole nitrogens is 1. The van der Waals surface area contributed by atoms with Crippen molar-refractivity contribution < 1.29 is 9.53 Å². The number of amides is 1. The Balaban J connectivity index is 1.33. The average molecular weight is 475 g/mol. The van der Waals surface area contributed by atoms with E-state index in [1.807, 2.05) is 53.9 Å². The van der Waals surface area contributed by atoms with Crippen LogP contribution in [-0.2, 0) is 0 Å². The van der Waals surface area contributed by atoms with Gasteiger partial charge in [-0.2, -0.15) is 5.10 Å². The molecule has 0 spiro atoms. The largest absolute Gasteiger partial charge is 0.490 e. The predicted molar refractivity (Wildman–Crippen MR) is 137 cm³/mol. The van der Waals surface area contributed by atoms with Crippen molar-refractivity contribution in [2.45, 2.75) is 38.3 Å². The Kier molecular flexibility index (Phi) is 6.65. The lowest BCUT2D eigenvalue weighted by Gasteiger charge is -2.29. The third kappa shape index (κ3) is 4.86. The van der Waals surface area contributed by atoms with Crippen LogP contribution in [0.1, 0.15) is 47.5 Å². The number of ether oxygens (including phenoxy) is 1. The molecule has 1 fully saturated rings. The summed E-state index contributed by atoms with van der Waals surface area (Å²) in [6.45, 7) is 4.23. The number of piperidine rings is 1. The zero-order valence-corrected chi connectivity index (χ0v) is 20.4. The third-order valence-electron chi connectivity index (χ3n) is 6.52. The summed E-state index contributed by atoms with van der Waals surface area (Å²) in [5.74, 6) is 0.813. The summed E-state index contributed by atoms with van der Waals surface area (Å²) in [5, 5.41) is 13.8. The molecule has 0 unspecified atom stereocenters. The molecular formula is C27H30N4O2S. The molecule has 7 heteroatoms. The van der Waals surface area contributed by atoms with E-state index in [0.29, 0.717) is 5.56 Å². The first kappa shape index (κ1) is 22.6. The molecule has 1 atom stereocenters. The van der Waals surface area contributed by atoms with Gasteiger partial charge in [0, 0.05) is 34.5 Å². The number of likely N-dealkylation sites (tertiary alicyclic amines) is 1. The molecule has 2 aromatic carbocycles. The van der Waals surface area contributed by atoms with Crippen molar-refractivity contribution in [2.24, 2.45) is 0 Å². The summed E-state index contributed by atoms with van der Waals surface area (Å²) >= 11 is 1.67. The van der Waals surface area contributed by atoms with Crippen molar-refractivity contribution in [1.82, 2.24) is 20.4 Å². The first-order chi connectivity index (χ1) is 16.6. The molecule has 1 saturated heterocycles. The van der Waals surface area contributed by atoms with Gasteiger partial charge in [-0.1, -0.05) is 13.0 Å². The van der Waals surface area contributed by atoms with Gasteiger partial charge in [0.05, 0.1) is 17.3 Å². The summed E-state index contributed by atoms with van der Waals surface area (Å²) in [4.78, 5) is 16.5. The number of aromatic nitrogens is 2. The van der Waals surface area contributed by atoms with Crippen LogP contribution in [0, 0.1) is 0 Å². The van der Waals surface area contributed by atoms with Crippen LogP contribution in [0.25, 0.3) is 22.2 Å². The average Bonchev–Trinajstić information content (AvgIpc) is 3.54. The number of carbonyl (C=O) groups excluding carboxylic acids is 1. The second kappa shape index (κ2) is 9.99. The lowest BCUT2D eigenvalue weighted by atomic mass is 10.0. The van der Waals surface area contributed by atoms with Gasteiger partial charge in [-0.15, -0.1) is 11.3 Å². The minimum atomic E-state index is -0.0730. The fourth-order valence-corrected chi connectivity index (χ4v) is 5.33. The van der Waals surface area contributed by atoms with Gasteiger partial charge >= 0.3 is 0 Å². The molecular weight excluding hydrogens is 444 g/mol. The lowest BCUT2D eigenvalue weighted by molar-refractivity contribution is 0.0936. The number of nitrogens with zero attached hydrogens (tertiary/aromatic N) is 2. The maximum Gasteiger partial charge on any atom is 0.251 e. The Labute approximate surface area is 203 Å². The van der Waals surface area contributed by atoms with Crippen LogP contribution < -0.4 is 10.1 Å². The standard InChI is InChI=1S/C27H30N4O2S/c1-3-23(25-5-4-16-34-25)28-27(32)19-8-11-24-22(17-19)26(30-29-24)18-6-9-20(10-7-18)33-21-12-14-31(2)15-13-21/h4-11,16-17,21,23H,3,12-15H2,1-2H3,(H,28,32)(H,29,30)/t23-/m1/s1. The minimum absolute atomic E-state index is 0.0177. The Morgan fingerprint density at radius 3 is 2.71 bits per heavy atom. The molecule has 1 aliphatic heterocycles. The van der Waals surface area contributed by atoms with E-state index in [2.05, 4.69) is 40.5 Å². The number of nitrogens with one attached hydrogen (secondary N) is 2. The summed E-state index contributed by atoms with van der Waals surface area (Å²) in [5.41, 5.74) is 3.36. The van der Waals surface area contributed by atoms with Crippen molar-refractivity contribution >= 4 is 28.1 Å². The monoisotopic (exact) mass is 474 g/mol. The van der Waals surface area contributed by atoms with Crippen molar-refractivity contribution in [1.29, 1.82) is 0 Å². The molecule has 34 heavy (non-hydrogen) atoms. The van der Waals surface area contributed by atoms with Gasteiger partial charge in [0.1, 0.15) is 11.9 Å². The minimum Gasteiger partial charge on any atom is -0.490 e. The molecule has 0 aliphatic carbocycles. The molecule has 2 aromatic heterocycles. The number of aromatic amines is 1. The number of fused-ring (bicyclic) bond motifs is 1. The Morgan fingerprint density at radius 2 is 2.00 bits per heavy atom. The van der Waals surface area contributed by atoms with E-state index in [1.165, 1.54) is 4.88 Å². The number of rotatable bonds is 7. The van der Waals surface area contributed by atoms with Gasteiger partial charge in [-0.3, -0.25) is 9.89 Å². The molecule has 176 valence electrons. The highest BCUT2D eigenvalue weighted by molar-refractivity contribution is 7.10. The molecule has 0 bridgehead atoms. The van der Waals surface area contributed by atoms with E-state index in [0.717, 1.165) is 60.3 Å². The van der Waals surface area contributed by atoms with Crippen LogP contribution in [0.4, 0.5) is 0 Å². The van der Waals surface area contributed by atoms with E-state index in [4.69, 9.17) is 4.74 Å². The first-order valence-corrected chi connectivity index (χ1v) is 12.8. The highest BCUT2D eigenvalue weighted by Crippen LogP contribution is 2.30. The smallest absolute Gasteiger partial charge is 0.251 e. The summed E-state index contributed by atoms with van der Waals surface area (Å²) in [7, 11) is 2.15. The van der Waals surface area contributed by atoms with E-state index in [9.17, 15) is 4.79 Å². The highest BCUT2D eigenvalue weighted by Gasteiger charge is 2.19. The number of benzene rings is 2. The number of carbonyl (C=O) groups is 1. The second-order valence-corrected chi connectivity index (χ2v) is 9.91.